The second-order valence-corrected chi connectivity index (χ2v) is 8.28. The topological polar surface area (TPSA) is 63.1 Å². The van der Waals surface area contributed by atoms with E-state index in [0.717, 1.165) is 34.0 Å². The van der Waals surface area contributed by atoms with Crippen molar-refractivity contribution in [1.29, 1.82) is 0 Å². The third-order valence-corrected chi connectivity index (χ3v) is 6.24. The number of nitrogens with zero attached hydrogens (tertiary/aromatic N) is 1. The van der Waals surface area contributed by atoms with Gasteiger partial charge in [-0.05, 0) is 31.0 Å². The van der Waals surface area contributed by atoms with Gasteiger partial charge in [0.1, 0.15) is 6.17 Å². The van der Waals surface area contributed by atoms with Crippen molar-refractivity contribution in [2.45, 2.75) is 32.6 Å². The quantitative estimate of drug-likeness (QED) is 0.465. The van der Waals surface area contributed by atoms with Crippen LogP contribution < -0.4 is 10.6 Å². The predicted octanol–water partition coefficient (Wildman–Crippen LogP) is 4.46. The summed E-state index contributed by atoms with van der Waals surface area (Å²) < 4.78 is 2.32. The predicted molar refractivity (Wildman–Crippen MR) is 127 cm³/mol. The van der Waals surface area contributed by atoms with Crippen molar-refractivity contribution in [1.82, 2.24) is 15.2 Å². The Hall–Kier alpha value is -3.70. The van der Waals surface area contributed by atoms with Gasteiger partial charge < -0.3 is 9.88 Å². The van der Waals surface area contributed by atoms with Crippen LogP contribution in [-0.2, 0) is 16.1 Å². The molecule has 3 aromatic carbocycles. The van der Waals surface area contributed by atoms with Gasteiger partial charge in [0.25, 0.3) is 0 Å². The van der Waals surface area contributed by atoms with E-state index in [1.807, 2.05) is 31.2 Å². The fourth-order valence-corrected chi connectivity index (χ4v) is 4.92. The molecule has 0 aliphatic carbocycles. The molecule has 0 spiro atoms. The monoisotopic (exact) mass is 423 g/mol. The van der Waals surface area contributed by atoms with Gasteiger partial charge in [0.05, 0.1) is 11.6 Å². The van der Waals surface area contributed by atoms with E-state index in [-0.39, 0.29) is 11.8 Å². The third kappa shape index (κ3) is 3.31. The Labute approximate surface area is 186 Å². The van der Waals surface area contributed by atoms with Crippen LogP contribution in [0.15, 0.2) is 84.1 Å². The summed E-state index contributed by atoms with van der Waals surface area (Å²) in [6.45, 7) is 4.15. The Morgan fingerprint density at radius 3 is 2.44 bits per heavy atom. The Bertz CT molecular complexity index is 1370. The number of allylic oxidation sites excluding steroid dienone is 1. The molecule has 1 aliphatic heterocycles. The van der Waals surface area contributed by atoms with Crippen molar-refractivity contribution in [2.24, 2.45) is 0 Å². The first-order valence-electron chi connectivity index (χ1n) is 10.8. The number of carbonyl (C=O) groups is 2. The zero-order chi connectivity index (χ0) is 22.2. The normalized spacial score (nSPS) is 18.7. The number of Topliss-reactive ketones (excluding diaryl/α,β-unsaturated/α-hetero) is 1. The van der Waals surface area contributed by atoms with E-state index in [0.29, 0.717) is 12.1 Å². The van der Waals surface area contributed by atoms with Gasteiger partial charge in [-0.1, -0.05) is 66.7 Å². The van der Waals surface area contributed by atoms with Crippen LogP contribution in [0.25, 0.3) is 21.8 Å². The molecule has 32 heavy (non-hydrogen) atoms. The largest absolute Gasteiger partial charge is 0.367 e. The molecule has 5 nitrogen and oxygen atoms in total. The number of aromatic nitrogens is 1. The number of hydrogen-bond acceptors (Lipinski definition) is 4. The maximum Gasteiger partial charge on any atom is 0.159 e. The average Bonchev–Trinajstić information content (AvgIpc) is 3.13. The van der Waals surface area contributed by atoms with E-state index in [9.17, 15) is 9.59 Å². The summed E-state index contributed by atoms with van der Waals surface area (Å²) in [7, 11) is 0. The molecule has 0 saturated heterocycles. The van der Waals surface area contributed by atoms with Crippen molar-refractivity contribution < 1.29 is 9.59 Å². The van der Waals surface area contributed by atoms with Gasteiger partial charge in [-0.25, -0.2) is 0 Å². The van der Waals surface area contributed by atoms with Crippen LogP contribution in [-0.4, -0.2) is 22.8 Å². The highest BCUT2D eigenvalue weighted by molar-refractivity contribution is 6.10. The van der Waals surface area contributed by atoms with E-state index >= 15 is 0 Å². The van der Waals surface area contributed by atoms with Crippen molar-refractivity contribution >= 4 is 33.9 Å². The molecule has 1 aromatic heterocycles. The first kappa shape index (κ1) is 20.2. The van der Waals surface area contributed by atoms with E-state index in [1.54, 1.807) is 6.92 Å². The van der Waals surface area contributed by atoms with Crippen molar-refractivity contribution in [3.05, 3.63) is 95.2 Å². The second-order valence-electron chi connectivity index (χ2n) is 8.28. The highest BCUT2D eigenvalue weighted by Crippen LogP contribution is 2.37. The van der Waals surface area contributed by atoms with Gasteiger partial charge in [-0.3, -0.25) is 14.9 Å². The smallest absolute Gasteiger partial charge is 0.159 e. The average molecular weight is 424 g/mol. The van der Waals surface area contributed by atoms with Crippen LogP contribution in [0.2, 0.25) is 0 Å². The first-order chi connectivity index (χ1) is 15.6. The number of rotatable bonds is 5. The molecule has 2 N–H and O–H groups in total. The fraction of sp³-hybridized carbons (Fsp3) is 0.185. The fourth-order valence-electron chi connectivity index (χ4n) is 4.92. The van der Waals surface area contributed by atoms with E-state index in [4.69, 9.17) is 0 Å². The maximum atomic E-state index is 12.6. The summed E-state index contributed by atoms with van der Waals surface area (Å²) in [5.74, 6) is -0.0143. The molecule has 160 valence electrons. The molecule has 0 amide bonds. The van der Waals surface area contributed by atoms with Crippen molar-refractivity contribution in [3.8, 4) is 0 Å². The number of fused-ring (bicyclic) bond motifs is 3. The Morgan fingerprint density at radius 1 is 0.969 bits per heavy atom. The minimum absolute atomic E-state index is 0.0143. The van der Waals surface area contributed by atoms with Gasteiger partial charge in [-0.2, -0.15) is 0 Å². The lowest BCUT2D eigenvalue weighted by atomic mass is 9.91. The third-order valence-electron chi connectivity index (χ3n) is 6.24. The highest BCUT2D eigenvalue weighted by atomic mass is 16.1. The minimum Gasteiger partial charge on any atom is -0.367 e. The van der Waals surface area contributed by atoms with Gasteiger partial charge in [0.15, 0.2) is 12.1 Å². The van der Waals surface area contributed by atoms with Crippen molar-refractivity contribution in [3.63, 3.8) is 0 Å². The zero-order valence-corrected chi connectivity index (χ0v) is 18.1. The van der Waals surface area contributed by atoms with Crippen molar-refractivity contribution in [2.75, 3.05) is 0 Å². The molecule has 2 unspecified atom stereocenters. The summed E-state index contributed by atoms with van der Waals surface area (Å²) in [6, 6.07) is 24.6. The summed E-state index contributed by atoms with van der Waals surface area (Å²) in [6.07, 6.45) is 0.290. The number of ketones is 1. The zero-order valence-electron chi connectivity index (χ0n) is 18.1. The van der Waals surface area contributed by atoms with Crippen LogP contribution in [0.1, 0.15) is 31.0 Å². The molecule has 2 atom stereocenters. The van der Waals surface area contributed by atoms with Crippen LogP contribution >= 0.6 is 0 Å². The van der Waals surface area contributed by atoms with Crippen LogP contribution in [0, 0.1) is 0 Å². The van der Waals surface area contributed by atoms with Crippen LogP contribution in [0.3, 0.4) is 0 Å². The number of aldehydes is 1. The van der Waals surface area contributed by atoms with Crippen LogP contribution in [0.5, 0.6) is 0 Å². The lowest BCUT2D eigenvalue weighted by Gasteiger charge is -2.33. The molecule has 2 heterocycles. The summed E-state index contributed by atoms with van der Waals surface area (Å²) in [5.41, 5.74) is 5.81. The molecule has 4 aromatic rings. The maximum absolute atomic E-state index is 12.6. The summed E-state index contributed by atoms with van der Waals surface area (Å²) >= 11 is 0. The van der Waals surface area contributed by atoms with E-state index in [2.05, 4.69) is 63.7 Å². The minimum atomic E-state index is -0.551. The molecule has 0 fully saturated rings. The number of para-hydroxylation sites is 2. The number of nitrogens with one attached hydrogen (secondary N) is 2. The van der Waals surface area contributed by atoms with E-state index in [1.165, 1.54) is 10.9 Å². The molecule has 5 rings (SSSR count). The molecular formula is C27H25N3O2. The lowest BCUT2D eigenvalue weighted by molar-refractivity contribution is -0.115. The molecule has 1 aliphatic rings. The molecular weight excluding hydrogens is 398 g/mol. The van der Waals surface area contributed by atoms with Gasteiger partial charge in [-0.15, -0.1) is 0 Å². The number of hydrogen-bond donors (Lipinski definition) is 2. The lowest BCUT2D eigenvalue weighted by Crippen LogP contribution is -2.50. The van der Waals surface area contributed by atoms with Gasteiger partial charge >= 0.3 is 0 Å². The Balaban J connectivity index is 1.80. The molecule has 0 bridgehead atoms. The van der Waals surface area contributed by atoms with Gasteiger partial charge in [0.2, 0.25) is 0 Å². The Kier molecular flexibility index (Phi) is 5.11. The summed E-state index contributed by atoms with van der Waals surface area (Å²) in [5, 5.41) is 8.75. The molecule has 0 radical (unpaired) electrons. The van der Waals surface area contributed by atoms with E-state index < -0.39 is 6.17 Å². The summed E-state index contributed by atoms with van der Waals surface area (Å²) in [4.78, 5) is 24.3. The standard InChI is InChI=1S/C27H25N3O2/c1-17-25(18(2)32)26(29-24(16-31)28-17)22-13-8-12-21-20-11-6-7-14-23(20)30(27(21)22)15-19-9-4-3-5-10-19/h3-14,16,24,26,28-29H,15H2,1-2H3. The first-order valence-corrected chi connectivity index (χ1v) is 10.8. The SMILES string of the molecule is CC(=O)C1=C(C)NC(C=O)NC1c1cccc2c3ccccc3n(Cc3ccccc3)c12. The van der Waals surface area contributed by atoms with Crippen LogP contribution in [0.4, 0.5) is 0 Å². The number of benzene rings is 3. The molecule has 0 saturated carbocycles. The van der Waals surface area contributed by atoms with Gasteiger partial charge in [0, 0.05) is 34.1 Å². The Morgan fingerprint density at radius 2 is 1.69 bits per heavy atom. The highest BCUT2D eigenvalue weighted by Gasteiger charge is 2.32. The molecule has 5 heteroatoms. The second kappa shape index (κ2) is 8.09. The number of carbonyl (C=O) groups excluding carboxylic acids is 2.